The van der Waals surface area contributed by atoms with Gasteiger partial charge in [-0.25, -0.2) is 14.8 Å². The zero-order valence-electron chi connectivity index (χ0n) is 13.5. The van der Waals surface area contributed by atoms with Crippen LogP contribution in [0.5, 0.6) is 0 Å². The molecule has 3 rings (SSSR count). The maximum atomic E-state index is 12.1. The van der Waals surface area contributed by atoms with E-state index in [1.165, 1.54) is 11.8 Å². The van der Waals surface area contributed by atoms with E-state index >= 15 is 0 Å². The van der Waals surface area contributed by atoms with Crippen LogP contribution in [-0.2, 0) is 4.79 Å². The van der Waals surface area contributed by atoms with Gasteiger partial charge >= 0.3 is 5.97 Å². The number of hydrogen-bond donors (Lipinski definition) is 2. The lowest BCUT2D eigenvalue weighted by atomic mass is 10.3. The molecule has 130 valence electrons. The molecule has 6 nitrogen and oxygen atoms in total. The Morgan fingerprint density at radius 2 is 2.04 bits per heavy atom. The SMILES string of the molecule is Cc1nc(C(C)NC(=O)CSc2nc3ccccc3s2)sc1C(=O)O. The monoisotopic (exact) mass is 393 g/mol. The van der Waals surface area contributed by atoms with Gasteiger partial charge in [-0.2, -0.15) is 0 Å². The third-order valence-corrected chi connectivity index (χ3v) is 6.86. The van der Waals surface area contributed by atoms with Gasteiger partial charge in [-0.1, -0.05) is 23.9 Å². The van der Waals surface area contributed by atoms with E-state index in [0.717, 1.165) is 25.9 Å². The Morgan fingerprint density at radius 3 is 2.72 bits per heavy atom. The van der Waals surface area contributed by atoms with Crippen LogP contribution in [0, 0.1) is 6.92 Å². The number of aryl methyl sites for hydroxylation is 1. The largest absolute Gasteiger partial charge is 0.477 e. The zero-order chi connectivity index (χ0) is 18.0. The third kappa shape index (κ3) is 4.17. The molecule has 2 N–H and O–H groups in total. The molecule has 25 heavy (non-hydrogen) atoms. The summed E-state index contributed by atoms with van der Waals surface area (Å²) < 4.78 is 1.94. The van der Waals surface area contributed by atoms with Gasteiger partial charge in [0.25, 0.3) is 0 Å². The number of nitrogens with one attached hydrogen (secondary N) is 1. The van der Waals surface area contributed by atoms with E-state index in [9.17, 15) is 9.59 Å². The molecule has 3 aromatic rings. The summed E-state index contributed by atoms with van der Waals surface area (Å²) in [5, 5.41) is 12.5. The molecule has 0 radical (unpaired) electrons. The van der Waals surface area contributed by atoms with Crippen molar-refractivity contribution in [3.05, 3.63) is 39.8 Å². The van der Waals surface area contributed by atoms with E-state index in [1.807, 2.05) is 24.3 Å². The van der Waals surface area contributed by atoms with E-state index in [2.05, 4.69) is 15.3 Å². The number of hydrogen-bond acceptors (Lipinski definition) is 7. The number of aromatic carboxylic acids is 1. The van der Waals surface area contributed by atoms with Crippen LogP contribution in [0.3, 0.4) is 0 Å². The second-order valence-corrected chi connectivity index (χ2v) is 8.58. The Balaban J connectivity index is 1.58. The van der Waals surface area contributed by atoms with Crippen molar-refractivity contribution in [2.75, 3.05) is 5.75 Å². The number of carboxylic acids is 1. The molecule has 9 heteroatoms. The zero-order valence-corrected chi connectivity index (χ0v) is 15.9. The number of carboxylic acid groups (broad SMARTS) is 1. The molecular weight excluding hydrogens is 378 g/mol. The second kappa shape index (κ2) is 7.51. The molecular formula is C16H15N3O3S3. The highest BCUT2D eigenvalue weighted by atomic mass is 32.2. The molecule has 0 bridgehead atoms. The number of rotatable bonds is 6. The maximum Gasteiger partial charge on any atom is 0.347 e. The van der Waals surface area contributed by atoms with Crippen molar-refractivity contribution in [2.24, 2.45) is 0 Å². The first kappa shape index (κ1) is 17.8. The molecule has 1 unspecified atom stereocenters. The molecule has 1 atom stereocenters. The van der Waals surface area contributed by atoms with Crippen LogP contribution >= 0.6 is 34.4 Å². The summed E-state index contributed by atoms with van der Waals surface area (Å²) in [5.41, 5.74) is 1.40. The molecule has 0 aliphatic rings. The fraction of sp³-hybridized carbons (Fsp3) is 0.250. The smallest absolute Gasteiger partial charge is 0.347 e. The minimum absolute atomic E-state index is 0.138. The predicted octanol–water partition coefficient (Wildman–Crippen LogP) is 3.73. The molecule has 0 spiro atoms. The number of carbonyl (C=O) groups excluding carboxylic acids is 1. The molecule has 2 aromatic heterocycles. The Labute approximate surface area is 156 Å². The van der Waals surface area contributed by atoms with E-state index in [0.29, 0.717) is 10.7 Å². The average molecular weight is 394 g/mol. The first-order chi connectivity index (χ1) is 11.9. The molecule has 0 saturated carbocycles. The lowest BCUT2D eigenvalue weighted by Gasteiger charge is -2.10. The number of amides is 1. The molecule has 0 fully saturated rings. The van der Waals surface area contributed by atoms with Crippen LogP contribution in [0.15, 0.2) is 28.6 Å². The predicted molar refractivity (Wildman–Crippen MR) is 101 cm³/mol. The lowest BCUT2D eigenvalue weighted by Crippen LogP contribution is -2.28. The summed E-state index contributed by atoms with van der Waals surface area (Å²) in [7, 11) is 0. The molecule has 1 amide bonds. The van der Waals surface area contributed by atoms with E-state index in [-0.39, 0.29) is 22.6 Å². The van der Waals surface area contributed by atoms with Gasteiger partial charge in [-0.3, -0.25) is 4.79 Å². The summed E-state index contributed by atoms with van der Waals surface area (Å²) in [6, 6.07) is 7.52. The van der Waals surface area contributed by atoms with Crippen molar-refractivity contribution in [3.63, 3.8) is 0 Å². The fourth-order valence-corrected chi connectivity index (χ4v) is 4.97. The van der Waals surface area contributed by atoms with Crippen molar-refractivity contribution >= 4 is 56.5 Å². The van der Waals surface area contributed by atoms with E-state index in [1.54, 1.807) is 25.2 Å². The number of thioether (sulfide) groups is 1. The number of benzene rings is 1. The molecule has 0 aliphatic carbocycles. The summed E-state index contributed by atoms with van der Waals surface area (Å²) in [4.78, 5) is 32.2. The van der Waals surface area contributed by atoms with Crippen LogP contribution < -0.4 is 5.32 Å². The fourth-order valence-electron chi connectivity index (χ4n) is 2.19. The number of para-hydroxylation sites is 1. The highest BCUT2D eigenvalue weighted by molar-refractivity contribution is 8.01. The first-order valence-corrected chi connectivity index (χ1v) is 10.0. The topological polar surface area (TPSA) is 92.2 Å². The van der Waals surface area contributed by atoms with Crippen molar-refractivity contribution in [2.45, 2.75) is 24.2 Å². The standard InChI is InChI=1S/C16H15N3O3S3/c1-8-13(15(21)22)25-14(18-8)9(2)17-12(20)7-23-16-19-10-5-3-4-6-11(10)24-16/h3-6,9H,7H2,1-2H3,(H,17,20)(H,21,22). The minimum atomic E-state index is -0.994. The first-order valence-electron chi connectivity index (χ1n) is 7.42. The van der Waals surface area contributed by atoms with Crippen molar-refractivity contribution in [1.29, 1.82) is 0 Å². The van der Waals surface area contributed by atoms with Gasteiger partial charge in [0.15, 0.2) is 4.34 Å². The van der Waals surface area contributed by atoms with Crippen molar-refractivity contribution < 1.29 is 14.7 Å². The van der Waals surface area contributed by atoms with Gasteiger partial charge in [0.2, 0.25) is 5.91 Å². The quantitative estimate of drug-likeness (QED) is 0.620. The Hall–Kier alpha value is -1.97. The number of carbonyl (C=O) groups is 2. The van der Waals surface area contributed by atoms with Crippen molar-refractivity contribution in [1.82, 2.24) is 15.3 Å². The normalized spacial score (nSPS) is 12.2. The highest BCUT2D eigenvalue weighted by Gasteiger charge is 2.19. The number of thiazole rings is 2. The van der Waals surface area contributed by atoms with Gasteiger partial charge in [0.05, 0.1) is 27.7 Å². The van der Waals surface area contributed by atoms with Gasteiger partial charge in [0.1, 0.15) is 9.88 Å². The summed E-state index contributed by atoms with van der Waals surface area (Å²) >= 11 is 4.04. The maximum absolute atomic E-state index is 12.1. The van der Waals surface area contributed by atoms with E-state index in [4.69, 9.17) is 5.11 Å². The Kier molecular flexibility index (Phi) is 5.36. The van der Waals surface area contributed by atoms with Crippen LogP contribution in [0.4, 0.5) is 0 Å². The highest BCUT2D eigenvalue weighted by Crippen LogP contribution is 2.29. The van der Waals surface area contributed by atoms with Gasteiger partial charge in [-0.05, 0) is 26.0 Å². The summed E-state index contributed by atoms with van der Waals surface area (Å²) in [6.45, 7) is 3.45. The van der Waals surface area contributed by atoms with Crippen LogP contribution in [0.25, 0.3) is 10.2 Å². The Morgan fingerprint density at radius 1 is 1.28 bits per heavy atom. The molecule has 0 saturated heterocycles. The van der Waals surface area contributed by atoms with Crippen LogP contribution in [-0.4, -0.2) is 32.7 Å². The number of fused-ring (bicyclic) bond motifs is 1. The van der Waals surface area contributed by atoms with E-state index < -0.39 is 5.97 Å². The molecule has 1 aromatic carbocycles. The minimum Gasteiger partial charge on any atom is -0.477 e. The van der Waals surface area contributed by atoms with Gasteiger partial charge < -0.3 is 10.4 Å². The van der Waals surface area contributed by atoms with Gasteiger partial charge in [0, 0.05) is 0 Å². The van der Waals surface area contributed by atoms with Crippen LogP contribution in [0.2, 0.25) is 0 Å². The van der Waals surface area contributed by atoms with Gasteiger partial charge in [-0.15, -0.1) is 22.7 Å². The Bertz CT molecular complexity index is 902. The summed E-state index contributed by atoms with van der Waals surface area (Å²) in [5.74, 6) is -0.881. The summed E-state index contributed by atoms with van der Waals surface area (Å²) in [6.07, 6.45) is 0. The molecule has 2 heterocycles. The number of nitrogens with zero attached hydrogens (tertiary/aromatic N) is 2. The lowest BCUT2D eigenvalue weighted by molar-refractivity contribution is -0.119. The molecule has 0 aliphatic heterocycles. The third-order valence-electron chi connectivity index (χ3n) is 3.36. The van der Waals surface area contributed by atoms with Crippen LogP contribution in [0.1, 0.15) is 33.3 Å². The van der Waals surface area contributed by atoms with Crippen molar-refractivity contribution in [3.8, 4) is 0 Å². The number of aromatic nitrogens is 2. The average Bonchev–Trinajstić information content (AvgIpc) is 3.16. The second-order valence-electron chi connectivity index (χ2n) is 5.30.